The Balaban J connectivity index is 1.55. The topological polar surface area (TPSA) is 75.1 Å². The van der Waals surface area contributed by atoms with E-state index in [1.807, 2.05) is 0 Å². The number of halogens is 1. The molecule has 118 valence electrons. The van der Waals surface area contributed by atoms with E-state index in [1.54, 1.807) is 36.4 Å². The van der Waals surface area contributed by atoms with Crippen molar-refractivity contribution in [2.45, 2.75) is 19.4 Å². The van der Waals surface area contributed by atoms with Crippen LogP contribution in [0.5, 0.6) is 0 Å². The van der Waals surface area contributed by atoms with Crippen molar-refractivity contribution in [3.63, 3.8) is 0 Å². The number of nitrogens with one attached hydrogen (secondary N) is 2. The summed E-state index contributed by atoms with van der Waals surface area (Å²) >= 11 is 0. The average molecular weight is 314 g/mol. The summed E-state index contributed by atoms with van der Waals surface area (Å²) in [6, 6.07) is 11.6. The maximum absolute atomic E-state index is 13.5. The van der Waals surface area contributed by atoms with Gasteiger partial charge in [-0.15, -0.1) is 0 Å². The van der Waals surface area contributed by atoms with Crippen LogP contribution in [0.2, 0.25) is 0 Å². The number of fused-ring (bicyclic) bond motifs is 1. The predicted molar refractivity (Wildman–Crippen MR) is 83.4 cm³/mol. The number of benzene rings is 2. The lowest BCUT2D eigenvalue weighted by atomic mass is 10.1. The predicted octanol–water partition coefficient (Wildman–Crippen LogP) is 2.51. The molecule has 0 unspecified atom stereocenters. The van der Waals surface area contributed by atoms with E-state index in [-0.39, 0.29) is 18.1 Å². The largest absolute Gasteiger partial charge is 0.417 e. The van der Waals surface area contributed by atoms with E-state index in [0.717, 1.165) is 5.56 Å². The van der Waals surface area contributed by atoms with Crippen LogP contribution < -0.4 is 11.1 Å². The zero-order valence-corrected chi connectivity index (χ0v) is 12.3. The van der Waals surface area contributed by atoms with Gasteiger partial charge in [-0.05, 0) is 35.7 Å². The van der Waals surface area contributed by atoms with Gasteiger partial charge in [0.1, 0.15) is 5.82 Å². The maximum Gasteiger partial charge on any atom is 0.417 e. The number of aryl methyl sites for hydroxylation is 1. The summed E-state index contributed by atoms with van der Waals surface area (Å²) in [5.41, 5.74) is 2.41. The number of hydrogen-bond acceptors (Lipinski definition) is 3. The van der Waals surface area contributed by atoms with Gasteiger partial charge in [-0.3, -0.25) is 9.78 Å². The van der Waals surface area contributed by atoms with E-state index in [0.29, 0.717) is 29.6 Å². The molecule has 23 heavy (non-hydrogen) atoms. The maximum atomic E-state index is 13.5. The molecule has 0 aliphatic carbocycles. The molecular formula is C17H15FN2O3. The number of H-pyrrole nitrogens is 1. The van der Waals surface area contributed by atoms with E-state index < -0.39 is 5.76 Å². The molecule has 1 amide bonds. The van der Waals surface area contributed by atoms with Gasteiger partial charge < -0.3 is 9.73 Å². The van der Waals surface area contributed by atoms with Gasteiger partial charge in [0.25, 0.3) is 0 Å². The number of rotatable bonds is 5. The Hall–Kier alpha value is -2.89. The number of aromatic amines is 1. The Kier molecular flexibility index (Phi) is 4.23. The second-order valence-electron chi connectivity index (χ2n) is 5.21. The molecule has 2 aromatic carbocycles. The van der Waals surface area contributed by atoms with Crippen molar-refractivity contribution in [3.8, 4) is 0 Å². The molecule has 0 aliphatic heterocycles. The lowest BCUT2D eigenvalue weighted by Gasteiger charge is -2.06. The second-order valence-corrected chi connectivity index (χ2v) is 5.21. The van der Waals surface area contributed by atoms with Crippen molar-refractivity contribution >= 4 is 17.0 Å². The highest BCUT2D eigenvalue weighted by atomic mass is 19.1. The van der Waals surface area contributed by atoms with Crippen LogP contribution in [0.1, 0.15) is 17.5 Å². The Bertz CT molecular complexity index is 898. The number of aromatic nitrogens is 1. The Morgan fingerprint density at radius 3 is 2.87 bits per heavy atom. The first-order valence-electron chi connectivity index (χ1n) is 7.24. The molecule has 5 nitrogen and oxygen atoms in total. The highest BCUT2D eigenvalue weighted by Crippen LogP contribution is 2.12. The van der Waals surface area contributed by atoms with E-state index in [1.165, 1.54) is 6.07 Å². The van der Waals surface area contributed by atoms with E-state index in [4.69, 9.17) is 4.42 Å². The first-order chi connectivity index (χ1) is 11.1. The molecule has 3 rings (SSSR count). The van der Waals surface area contributed by atoms with E-state index in [2.05, 4.69) is 10.3 Å². The number of hydrogen-bond donors (Lipinski definition) is 2. The minimum absolute atomic E-state index is 0.163. The average Bonchev–Trinajstić information content (AvgIpc) is 2.91. The fourth-order valence-corrected chi connectivity index (χ4v) is 2.34. The summed E-state index contributed by atoms with van der Waals surface area (Å²) in [5, 5.41) is 2.77. The number of amides is 1. The molecule has 3 aromatic rings. The quantitative estimate of drug-likeness (QED) is 0.760. The van der Waals surface area contributed by atoms with Gasteiger partial charge in [0.2, 0.25) is 5.91 Å². The number of carbonyl (C=O) groups excluding carboxylic acids is 1. The summed E-state index contributed by atoms with van der Waals surface area (Å²) in [5.74, 6) is -0.969. The molecule has 0 saturated heterocycles. The summed E-state index contributed by atoms with van der Waals surface area (Å²) in [7, 11) is 0. The van der Waals surface area contributed by atoms with Crippen LogP contribution in [-0.2, 0) is 17.8 Å². The summed E-state index contributed by atoms with van der Waals surface area (Å²) in [6.07, 6.45) is 0.562. The molecule has 2 N–H and O–H groups in total. The molecule has 0 saturated carbocycles. The lowest BCUT2D eigenvalue weighted by Crippen LogP contribution is -2.23. The van der Waals surface area contributed by atoms with Crippen molar-refractivity contribution < 1.29 is 13.6 Å². The third-order valence-corrected chi connectivity index (χ3v) is 3.55. The van der Waals surface area contributed by atoms with Crippen molar-refractivity contribution in [3.05, 3.63) is 70.0 Å². The second kappa shape index (κ2) is 6.48. The van der Waals surface area contributed by atoms with Crippen molar-refractivity contribution in [2.24, 2.45) is 0 Å². The van der Waals surface area contributed by atoms with Crippen LogP contribution in [0.25, 0.3) is 11.1 Å². The first-order valence-corrected chi connectivity index (χ1v) is 7.24. The summed E-state index contributed by atoms with van der Waals surface area (Å²) < 4.78 is 18.4. The molecule has 1 heterocycles. The Morgan fingerprint density at radius 1 is 1.22 bits per heavy atom. The molecular weight excluding hydrogens is 299 g/mol. The van der Waals surface area contributed by atoms with E-state index >= 15 is 0 Å². The van der Waals surface area contributed by atoms with Crippen molar-refractivity contribution in [1.29, 1.82) is 0 Å². The zero-order valence-electron chi connectivity index (χ0n) is 12.3. The summed E-state index contributed by atoms with van der Waals surface area (Å²) in [4.78, 5) is 25.5. The minimum atomic E-state index is -0.508. The van der Waals surface area contributed by atoms with Crippen LogP contribution in [0.4, 0.5) is 4.39 Å². The van der Waals surface area contributed by atoms with Gasteiger partial charge >= 0.3 is 5.76 Å². The number of carbonyl (C=O) groups is 1. The fourth-order valence-electron chi connectivity index (χ4n) is 2.34. The third-order valence-electron chi connectivity index (χ3n) is 3.55. The van der Waals surface area contributed by atoms with Gasteiger partial charge in [0.05, 0.1) is 5.52 Å². The molecule has 0 bridgehead atoms. The van der Waals surface area contributed by atoms with Crippen molar-refractivity contribution in [2.75, 3.05) is 0 Å². The summed E-state index contributed by atoms with van der Waals surface area (Å²) in [6.45, 7) is 0.320. The molecule has 0 spiro atoms. The zero-order chi connectivity index (χ0) is 16.2. The molecule has 0 fully saturated rings. The van der Waals surface area contributed by atoms with Gasteiger partial charge in [-0.25, -0.2) is 9.18 Å². The highest BCUT2D eigenvalue weighted by molar-refractivity contribution is 5.76. The normalized spacial score (nSPS) is 10.8. The van der Waals surface area contributed by atoms with E-state index in [9.17, 15) is 14.0 Å². The lowest BCUT2D eigenvalue weighted by molar-refractivity contribution is -0.121. The first kappa shape index (κ1) is 15.0. The smallest absolute Gasteiger partial charge is 0.408 e. The molecule has 1 aromatic heterocycles. The SMILES string of the molecule is O=C(CCc1ccccc1F)NCc1ccc2[nH]c(=O)oc2c1. The van der Waals surface area contributed by atoms with Crippen LogP contribution in [0.15, 0.2) is 51.7 Å². The monoisotopic (exact) mass is 314 g/mol. The Labute approximate surface area is 131 Å². The minimum Gasteiger partial charge on any atom is -0.408 e. The third kappa shape index (κ3) is 3.66. The molecule has 0 aliphatic rings. The fraction of sp³-hybridized carbons (Fsp3) is 0.176. The Morgan fingerprint density at radius 2 is 2.04 bits per heavy atom. The molecule has 6 heteroatoms. The van der Waals surface area contributed by atoms with Gasteiger partial charge in [-0.2, -0.15) is 0 Å². The van der Waals surface area contributed by atoms with Crippen LogP contribution in [0, 0.1) is 5.82 Å². The van der Waals surface area contributed by atoms with Gasteiger partial charge in [-0.1, -0.05) is 24.3 Å². The van der Waals surface area contributed by atoms with Crippen LogP contribution >= 0.6 is 0 Å². The highest BCUT2D eigenvalue weighted by Gasteiger charge is 2.07. The standard InChI is InChI=1S/C17H15FN2O3/c18-13-4-2-1-3-12(13)6-8-16(21)19-10-11-5-7-14-15(9-11)23-17(22)20-14/h1-5,7,9H,6,8,10H2,(H,19,21)(H,20,22). The molecule has 0 atom stereocenters. The van der Waals surface area contributed by atoms with Gasteiger partial charge in [0.15, 0.2) is 5.58 Å². The van der Waals surface area contributed by atoms with Gasteiger partial charge in [0, 0.05) is 13.0 Å². The number of oxazole rings is 1. The van der Waals surface area contributed by atoms with Crippen LogP contribution in [0.3, 0.4) is 0 Å². The molecule has 0 radical (unpaired) electrons. The van der Waals surface area contributed by atoms with Crippen LogP contribution in [-0.4, -0.2) is 10.9 Å². The van der Waals surface area contributed by atoms with Crippen molar-refractivity contribution in [1.82, 2.24) is 10.3 Å².